The van der Waals surface area contributed by atoms with E-state index in [9.17, 15) is 23.1 Å². The second-order valence-corrected chi connectivity index (χ2v) is 6.43. The number of nitrogens with zero attached hydrogens (tertiary/aromatic N) is 1. The smallest absolute Gasteiger partial charge is 0.416 e. The van der Waals surface area contributed by atoms with Crippen molar-refractivity contribution in [2.75, 3.05) is 7.05 Å². The summed E-state index contributed by atoms with van der Waals surface area (Å²) >= 11 is 0. The zero-order valence-corrected chi connectivity index (χ0v) is 15.5. The van der Waals surface area contributed by atoms with Gasteiger partial charge in [-0.3, -0.25) is 0 Å². The number of phenols is 1. The monoisotopic (exact) mass is 401 g/mol. The fraction of sp³-hybridized carbons (Fsp3) is 0.136. The molecular weight excluding hydrogens is 383 g/mol. The average Bonchev–Trinajstić information content (AvgIpc) is 2.70. The van der Waals surface area contributed by atoms with Gasteiger partial charge < -0.3 is 14.7 Å². The van der Waals surface area contributed by atoms with E-state index in [0.29, 0.717) is 11.3 Å². The molecule has 0 bridgehead atoms. The molecule has 0 aliphatic carbocycles. The van der Waals surface area contributed by atoms with E-state index in [0.717, 1.165) is 17.0 Å². The van der Waals surface area contributed by atoms with Gasteiger partial charge in [-0.25, -0.2) is 4.79 Å². The van der Waals surface area contributed by atoms with Crippen LogP contribution in [0.3, 0.4) is 0 Å². The minimum Gasteiger partial charge on any atom is -0.507 e. The van der Waals surface area contributed by atoms with Gasteiger partial charge in [0.05, 0.1) is 12.1 Å². The normalized spacial score (nSPS) is 11.2. The number of halogens is 3. The topological polar surface area (TPSA) is 49.8 Å². The van der Waals surface area contributed by atoms with E-state index in [2.05, 4.69) is 0 Å². The number of amides is 1. The van der Waals surface area contributed by atoms with Crippen molar-refractivity contribution in [3.63, 3.8) is 0 Å². The number of hydrogen-bond donors (Lipinski definition) is 1. The molecule has 3 aromatic rings. The van der Waals surface area contributed by atoms with E-state index in [1.54, 1.807) is 60.7 Å². The Labute approximate surface area is 165 Å². The first kappa shape index (κ1) is 20.3. The maximum atomic E-state index is 13.4. The summed E-state index contributed by atoms with van der Waals surface area (Å²) < 4.78 is 45.4. The molecule has 0 radical (unpaired) electrons. The lowest BCUT2D eigenvalue weighted by molar-refractivity contribution is -0.137. The van der Waals surface area contributed by atoms with Crippen LogP contribution in [-0.2, 0) is 12.7 Å². The molecule has 3 aromatic carbocycles. The third-order valence-electron chi connectivity index (χ3n) is 4.27. The van der Waals surface area contributed by atoms with Gasteiger partial charge in [-0.2, -0.15) is 13.2 Å². The predicted molar refractivity (Wildman–Crippen MR) is 102 cm³/mol. The van der Waals surface area contributed by atoms with Gasteiger partial charge in [0.1, 0.15) is 11.5 Å². The van der Waals surface area contributed by atoms with Crippen molar-refractivity contribution in [1.29, 1.82) is 0 Å². The van der Waals surface area contributed by atoms with E-state index in [1.807, 2.05) is 0 Å². The Morgan fingerprint density at radius 3 is 2.17 bits per heavy atom. The van der Waals surface area contributed by atoms with Gasteiger partial charge in [0.15, 0.2) is 0 Å². The van der Waals surface area contributed by atoms with E-state index < -0.39 is 17.8 Å². The fourth-order valence-corrected chi connectivity index (χ4v) is 2.80. The van der Waals surface area contributed by atoms with Crippen molar-refractivity contribution in [1.82, 2.24) is 4.90 Å². The Hall–Kier alpha value is -3.48. The highest BCUT2D eigenvalue weighted by Crippen LogP contribution is 2.39. The third kappa shape index (κ3) is 4.87. The summed E-state index contributed by atoms with van der Waals surface area (Å²) in [5.41, 5.74) is -0.465. The van der Waals surface area contributed by atoms with Crippen molar-refractivity contribution in [3.8, 4) is 22.6 Å². The van der Waals surface area contributed by atoms with E-state index in [1.165, 1.54) is 7.05 Å². The van der Waals surface area contributed by atoms with Crippen LogP contribution in [0.2, 0.25) is 0 Å². The Balaban J connectivity index is 1.92. The Morgan fingerprint density at radius 1 is 1.00 bits per heavy atom. The maximum Gasteiger partial charge on any atom is 0.416 e. The lowest BCUT2D eigenvalue weighted by atomic mass is 9.97. The lowest BCUT2D eigenvalue weighted by Gasteiger charge is -2.20. The van der Waals surface area contributed by atoms with Crippen LogP contribution in [0.5, 0.6) is 11.5 Å². The first-order valence-electron chi connectivity index (χ1n) is 8.72. The highest BCUT2D eigenvalue weighted by molar-refractivity contribution is 5.74. The molecule has 29 heavy (non-hydrogen) atoms. The fourth-order valence-electron chi connectivity index (χ4n) is 2.80. The summed E-state index contributed by atoms with van der Waals surface area (Å²) in [6, 6.07) is 18.3. The van der Waals surface area contributed by atoms with Crippen molar-refractivity contribution in [3.05, 3.63) is 83.9 Å². The minimum atomic E-state index is -4.60. The van der Waals surface area contributed by atoms with E-state index in [-0.39, 0.29) is 23.4 Å². The SMILES string of the molecule is CN(Cc1cc(C(F)(F)F)cc(-c2ccccc2)c1O)C(=O)Oc1ccccc1. The quantitative estimate of drug-likeness (QED) is 0.609. The number of ether oxygens (including phenoxy) is 1. The molecule has 0 atom stereocenters. The van der Waals surface area contributed by atoms with Crippen LogP contribution in [0, 0.1) is 0 Å². The van der Waals surface area contributed by atoms with Crippen LogP contribution in [0.4, 0.5) is 18.0 Å². The maximum absolute atomic E-state index is 13.4. The Morgan fingerprint density at radius 2 is 1.59 bits per heavy atom. The van der Waals surface area contributed by atoms with Crippen molar-refractivity contribution in [2.45, 2.75) is 12.7 Å². The molecule has 4 nitrogen and oxygen atoms in total. The number of alkyl halides is 3. The zero-order valence-electron chi connectivity index (χ0n) is 15.5. The van der Waals surface area contributed by atoms with Crippen molar-refractivity contribution >= 4 is 6.09 Å². The third-order valence-corrected chi connectivity index (χ3v) is 4.27. The minimum absolute atomic E-state index is 0.0359. The van der Waals surface area contributed by atoms with Crippen molar-refractivity contribution < 1.29 is 27.8 Å². The van der Waals surface area contributed by atoms with Crippen LogP contribution in [0.1, 0.15) is 11.1 Å². The summed E-state index contributed by atoms with van der Waals surface area (Å²) in [4.78, 5) is 13.4. The second kappa shape index (κ2) is 8.26. The van der Waals surface area contributed by atoms with Crippen LogP contribution in [-0.4, -0.2) is 23.1 Å². The summed E-state index contributed by atoms with van der Waals surface area (Å²) in [5, 5.41) is 10.6. The number of phenolic OH excluding ortho intramolecular Hbond substituents is 1. The summed E-state index contributed by atoms with van der Waals surface area (Å²) in [5.74, 6) is -0.00819. The molecule has 150 valence electrons. The van der Waals surface area contributed by atoms with Gasteiger partial charge in [0, 0.05) is 18.2 Å². The van der Waals surface area contributed by atoms with Crippen LogP contribution < -0.4 is 4.74 Å². The highest BCUT2D eigenvalue weighted by atomic mass is 19.4. The lowest BCUT2D eigenvalue weighted by Crippen LogP contribution is -2.29. The summed E-state index contributed by atoms with van der Waals surface area (Å²) in [6.45, 7) is -0.263. The molecule has 0 aliphatic rings. The molecule has 0 saturated carbocycles. The van der Waals surface area contributed by atoms with Gasteiger partial charge >= 0.3 is 12.3 Å². The molecule has 0 unspecified atom stereocenters. The highest BCUT2D eigenvalue weighted by Gasteiger charge is 2.32. The Bertz CT molecular complexity index is 989. The molecular formula is C22H18F3NO3. The molecule has 0 heterocycles. The first-order valence-corrected chi connectivity index (χ1v) is 8.72. The number of benzene rings is 3. The number of hydrogen-bond acceptors (Lipinski definition) is 3. The van der Waals surface area contributed by atoms with Crippen molar-refractivity contribution in [2.24, 2.45) is 0 Å². The van der Waals surface area contributed by atoms with E-state index >= 15 is 0 Å². The van der Waals surface area contributed by atoms with Gasteiger partial charge in [-0.1, -0.05) is 48.5 Å². The van der Waals surface area contributed by atoms with Gasteiger partial charge in [-0.05, 0) is 29.8 Å². The average molecular weight is 401 g/mol. The molecule has 3 rings (SSSR count). The van der Waals surface area contributed by atoms with E-state index in [4.69, 9.17) is 4.74 Å². The summed E-state index contributed by atoms with van der Waals surface area (Å²) in [6.07, 6.45) is -5.36. The molecule has 0 aromatic heterocycles. The number of rotatable bonds is 4. The van der Waals surface area contributed by atoms with Gasteiger partial charge in [0.2, 0.25) is 0 Å². The number of carbonyl (C=O) groups excluding carboxylic acids is 1. The standard InChI is InChI=1S/C22H18F3NO3/c1-26(21(28)29-18-10-6-3-7-11-18)14-16-12-17(22(23,24)25)13-19(20(16)27)15-8-4-2-5-9-15/h2-13,27H,14H2,1H3. The predicted octanol–water partition coefficient (Wildman–Crippen LogP) is 5.71. The molecule has 1 amide bonds. The van der Waals surface area contributed by atoms with Crippen LogP contribution in [0.15, 0.2) is 72.8 Å². The first-order chi connectivity index (χ1) is 13.8. The summed E-state index contributed by atoms with van der Waals surface area (Å²) in [7, 11) is 1.38. The molecule has 0 aliphatic heterocycles. The van der Waals surface area contributed by atoms with Crippen LogP contribution in [0.25, 0.3) is 11.1 Å². The largest absolute Gasteiger partial charge is 0.507 e. The zero-order chi connectivity index (χ0) is 21.0. The van der Waals surface area contributed by atoms with Gasteiger partial charge in [0.25, 0.3) is 0 Å². The molecule has 7 heteroatoms. The molecule has 0 spiro atoms. The second-order valence-electron chi connectivity index (χ2n) is 6.43. The molecule has 0 saturated heterocycles. The molecule has 0 fully saturated rings. The van der Waals surface area contributed by atoms with Crippen LogP contribution >= 0.6 is 0 Å². The number of para-hydroxylation sites is 1. The van der Waals surface area contributed by atoms with Gasteiger partial charge in [-0.15, -0.1) is 0 Å². The number of carbonyl (C=O) groups is 1. The Kier molecular flexibility index (Phi) is 5.77. The number of aromatic hydroxyl groups is 1. The molecule has 1 N–H and O–H groups in total.